The van der Waals surface area contributed by atoms with E-state index in [-0.39, 0.29) is 12.5 Å². The predicted octanol–water partition coefficient (Wildman–Crippen LogP) is 0.805. The van der Waals surface area contributed by atoms with Crippen LogP contribution in [-0.4, -0.2) is 32.3 Å². The first-order valence-corrected chi connectivity index (χ1v) is 7.20. The van der Waals surface area contributed by atoms with Gasteiger partial charge in [0.25, 0.3) is 0 Å². The lowest BCUT2D eigenvalue weighted by molar-refractivity contribution is -0.145. The molecule has 3 rings (SSSR count). The van der Waals surface area contributed by atoms with Gasteiger partial charge in [-0.2, -0.15) is 0 Å². The number of hydrogen-bond donors (Lipinski definition) is 1. The molecule has 1 unspecified atom stereocenters. The van der Waals surface area contributed by atoms with E-state index in [4.69, 9.17) is 0 Å². The molecule has 1 saturated carbocycles. The van der Waals surface area contributed by atoms with Gasteiger partial charge < -0.3 is 4.57 Å². The number of carbonyl (C=O) groups is 3. The molecule has 1 aliphatic heterocycles. The van der Waals surface area contributed by atoms with E-state index >= 15 is 0 Å². The third-order valence-corrected chi connectivity index (χ3v) is 4.38. The maximum atomic E-state index is 12.6. The monoisotopic (exact) mass is 290 g/mol. The summed E-state index contributed by atoms with van der Waals surface area (Å²) in [6.07, 6.45) is 7.18. The van der Waals surface area contributed by atoms with Crippen LogP contribution in [0.25, 0.3) is 0 Å². The molecule has 4 amide bonds. The summed E-state index contributed by atoms with van der Waals surface area (Å²) in [4.78, 5) is 41.8. The van der Waals surface area contributed by atoms with Crippen LogP contribution in [-0.2, 0) is 23.2 Å². The Kier molecular flexibility index (Phi) is 3.48. The molecule has 1 aromatic heterocycles. The molecule has 7 nitrogen and oxygen atoms in total. The van der Waals surface area contributed by atoms with E-state index in [1.807, 2.05) is 0 Å². The number of aromatic nitrogens is 2. The van der Waals surface area contributed by atoms with Crippen LogP contribution in [0.2, 0.25) is 0 Å². The van der Waals surface area contributed by atoms with Crippen LogP contribution in [0.15, 0.2) is 12.4 Å². The Morgan fingerprint density at radius 3 is 2.62 bits per heavy atom. The Bertz CT molecular complexity index is 589. The van der Waals surface area contributed by atoms with Crippen molar-refractivity contribution in [1.29, 1.82) is 0 Å². The average molecular weight is 290 g/mol. The normalized spacial score (nSPS) is 23.8. The maximum Gasteiger partial charge on any atom is 0.331 e. The SMILES string of the molecule is Cn1ccnc1CN1C(=O)NC(=O)C(C2CCCC2)C1=O. The molecule has 0 aromatic carbocycles. The number of barbiturate groups is 1. The summed E-state index contributed by atoms with van der Waals surface area (Å²) in [5, 5.41) is 2.31. The van der Waals surface area contributed by atoms with Gasteiger partial charge in [0.1, 0.15) is 11.7 Å². The fourth-order valence-electron chi connectivity index (χ4n) is 3.18. The second-order valence-corrected chi connectivity index (χ2v) is 5.70. The van der Waals surface area contributed by atoms with E-state index in [0.717, 1.165) is 30.6 Å². The molecule has 0 radical (unpaired) electrons. The molecule has 2 fully saturated rings. The molecule has 2 heterocycles. The van der Waals surface area contributed by atoms with Gasteiger partial charge in [0, 0.05) is 19.4 Å². The van der Waals surface area contributed by atoms with Crippen LogP contribution in [0, 0.1) is 11.8 Å². The van der Waals surface area contributed by atoms with E-state index in [0.29, 0.717) is 5.82 Å². The summed E-state index contributed by atoms with van der Waals surface area (Å²) in [7, 11) is 1.80. The first-order chi connectivity index (χ1) is 10.1. The fourth-order valence-corrected chi connectivity index (χ4v) is 3.18. The van der Waals surface area contributed by atoms with Gasteiger partial charge in [-0.25, -0.2) is 9.78 Å². The smallest absolute Gasteiger partial charge is 0.331 e. The summed E-state index contributed by atoms with van der Waals surface area (Å²) >= 11 is 0. The van der Waals surface area contributed by atoms with Gasteiger partial charge in [0.15, 0.2) is 0 Å². The van der Waals surface area contributed by atoms with Gasteiger partial charge in [-0.15, -0.1) is 0 Å². The Hall–Kier alpha value is -2.18. The van der Waals surface area contributed by atoms with Crippen molar-refractivity contribution in [3.8, 4) is 0 Å². The Morgan fingerprint density at radius 1 is 1.29 bits per heavy atom. The van der Waals surface area contributed by atoms with Crippen LogP contribution in [0.1, 0.15) is 31.5 Å². The summed E-state index contributed by atoms with van der Waals surface area (Å²) in [5.74, 6) is -0.912. The highest BCUT2D eigenvalue weighted by Crippen LogP contribution is 2.34. The van der Waals surface area contributed by atoms with E-state index in [1.165, 1.54) is 0 Å². The summed E-state index contributed by atoms with van der Waals surface area (Å²) in [6, 6.07) is -0.651. The van der Waals surface area contributed by atoms with Crippen LogP contribution in [0.4, 0.5) is 4.79 Å². The fraction of sp³-hybridized carbons (Fsp3) is 0.571. The second kappa shape index (κ2) is 5.31. The highest BCUT2D eigenvalue weighted by molar-refractivity contribution is 6.16. The molecule has 1 aromatic rings. The zero-order valence-corrected chi connectivity index (χ0v) is 11.9. The quantitative estimate of drug-likeness (QED) is 0.835. The van der Waals surface area contributed by atoms with Crippen LogP contribution >= 0.6 is 0 Å². The zero-order chi connectivity index (χ0) is 15.0. The van der Waals surface area contributed by atoms with Crippen LogP contribution < -0.4 is 5.32 Å². The largest absolute Gasteiger partial charge is 0.337 e. The number of rotatable bonds is 3. The Balaban J connectivity index is 1.82. The molecule has 2 aliphatic rings. The van der Waals surface area contributed by atoms with Crippen LogP contribution in [0.5, 0.6) is 0 Å². The first kappa shape index (κ1) is 13.8. The number of imide groups is 2. The van der Waals surface area contributed by atoms with Gasteiger partial charge in [-0.05, 0) is 18.8 Å². The van der Waals surface area contributed by atoms with Crippen LogP contribution in [0.3, 0.4) is 0 Å². The number of urea groups is 1. The molecule has 1 aliphatic carbocycles. The standard InChI is InChI=1S/C14H18N4O3/c1-17-7-6-15-10(17)8-18-13(20)11(9-4-2-3-5-9)12(19)16-14(18)21/h6-7,9,11H,2-5,8H2,1H3,(H,16,19,21). The van der Waals surface area contributed by atoms with Crippen molar-refractivity contribution < 1.29 is 14.4 Å². The lowest BCUT2D eigenvalue weighted by atomic mass is 9.87. The first-order valence-electron chi connectivity index (χ1n) is 7.20. The van der Waals surface area contributed by atoms with E-state index < -0.39 is 23.8 Å². The van der Waals surface area contributed by atoms with Crippen molar-refractivity contribution in [2.75, 3.05) is 0 Å². The maximum absolute atomic E-state index is 12.6. The number of amides is 4. The highest BCUT2D eigenvalue weighted by atomic mass is 16.2. The molecule has 21 heavy (non-hydrogen) atoms. The van der Waals surface area contributed by atoms with Gasteiger partial charge in [-0.1, -0.05) is 12.8 Å². The molecular weight excluding hydrogens is 272 g/mol. The molecule has 1 atom stereocenters. The Labute approximate surface area is 122 Å². The van der Waals surface area contributed by atoms with Gasteiger partial charge in [0.2, 0.25) is 11.8 Å². The molecule has 7 heteroatoms. The molecule has 1 N–H and O–H groups in total. The van der Waals surface area contributed by atoms with Crippen molar-refractivity contribution in [2.45, 2.75) is 32.2 Å². The summed E-state index contributed by atoms with van der Waals surface area (Å²) in [6.45, 7) is 0.0880. The summed E-state index contributed by atoms with van der Waals surface area (Å²) < 4.78 is 1.75. The number of imidazole rings is 1. The predicted molar refractivity (Wildman–Crippen MR) is 72.7 cm³/mol. The highest BCUT2D eigenvalue weighted by Gasteiger charge is 2.45. The molecule has 0 bridgehead atoms. The summed E-state index contributed by atoms with van der Waals surface area (Å²) in [5.41, 5.74) is 0. The topological polar surface area (TPSA) is 84.3 Å². The minimum absolute atomic E-state index is 0.0504. The molecular formula is C14H18N4O3. The molecule has 0 spiro atoms. The number of nitrogens with one attached hydrogen (secondary N) is 1. The minimum atomic E-state index is -0.731. The van der Waals surface area contributed by atoms with Gasteiger partial charge >= 0.3 is 6.03 Å². The zero-order valence-electron chi connectivity index (χ0n) is 11.9. The van der Waals surface area contributed by atoms with Crippen molar-refractivity contribution >= 4 is 17.8 Å². The van der Waals surface area contributed by atoms with Gasteiger partial charge in [-0.3, -0.25) is 19.8 Å². The van der Waals surface area contributed by atoms with E-state index in [1.54, 1.807) is 24.0 Å². The third kappa shape index (κ3) is 2.43. The lowest BCUT2D eigenvalue weighted by Crippen LogP contribution is -2.59. The third-order valence-electron chi connectivity index (χ3n) is 4.38. The van der Waals surface area contributed by atoms with Crippen molar-refractivity contribution in [1.82, 2.24) is 19.8 Å². The number of hydrogen-bond acceptors (Lipinski definition) is 4. The lowest BCUT2D eigenvalue weighted by Gasteiger charge is -2.32. The molecule has 112 valence electrons. The van der Waals surface area contributed by atoms with Crippen molar-refractivity contribution in [3.05, 3.63) is 18.2 Å². The van der Waals surface area contributed by atoms with Crippen molar-refractivity contribution in [2.24, 2.45) is 18.9 Å². The van der Waals surface area contributed by atoms with E-state index in [2.05, 4.69) is 10.3 Å². The number of carbonyl (C=O) groups excluding carboxylic acids is 3. The number of nitrogens with zero attached hydrogens (tertiary/aromatic N) is 3. The Morgan fingerprint density at radius 2 is 2.00 bits per heavy atom. The number of aryl methyl sites for hydroxylation is 1. The second-order valence-electron chi connectivity index (χ2n) is 5.70. The van der Waals surface area contributed by atoms with Gasteiger partial charge in [0.05, 0.1) is 6.54 Å². The molecule has 1 saturated heterocycles. The van der Waals surface area contributed by atoms with E-state index in [9.17, 15) is 14.4 Å². The average Bonchev–Trinajstić information content (AvgIpc) is 3.07. The van der Waals surface area contributed by atoms with Crippen molar-refractivity contribution in [3.63, 3.8) is 0 Å². The minimum Gasteiger partial charge on any atom is -0.337 e.